The number of likely N-dealkylation sites (tertiary alicyclic amines) is 1. The van der Waals surface area contributed by atoms with Crippen LogP contribution in [-0.4, -0.2) is 52.5 Å². The Morgan fingerprint density at radius 3 is 2.35 bits per heavy atom. The summed E-state index contributed by atoms with van der Waals surface area (Å²) >= 11 is 0. The lowest BCUT2D eigenvalue weighted by Gasteiger charge is -2.38. The van der Waals surface area contributed by atoms with Crippen molar-refractivity contribution in [1.82, 2.24) is 9.80 Å². The summed E-state index contributed by atoms with van der Waals surface area (Å²) < 4.78 is 0. The summed E-state index contributed by atoms with van der Waals surface area (Å²) in [5.74, 6) is -0.687. The number of amides is 1. The molecule has 0 aliphatic carbocycles. The standard InChI is InChI=1S/C18H28N2O3/c1-4-7-8-9-15(5-2)20(17(21)6-3)16-10-12-19(13-11-16)14-18(22)23/h4-5,7-9,16H,6,10-14H2,1-3H3,(H,22,23)/b7-4-,9-8-,15-5+. The van der Waals surface area contributed by atoms with Crippen LogP contribution in [0.5, 0.6) is 0 Å². The first kappa shape index (κ1) is 19.2. The molecule has 1 saturated heterocycles. The number of nitrogens with zero attached hydrogens (tertiary/aromatic N) is 2. The third-order valence-electron chi connectivity index (χ3n) is 4.00. The van der Waals surface area contributed by atoms with Gasteiger partial charge in [-0.2, -0.15) is 0 Å². The van der Waals surface area contributed by atoms with E-state index >= 15 is 0 Å². The lowest BCUT2D eigenvalue weighted by atomic mass is 10.0. The molecular formula is C18H28N2O3. The Morgan fingerprint density at radius 2 is 1.87 bits per heavy atom. The fourth-order valence-corrected chi connectivity index (χ4v) is 2.84. The third-order valence-corrected chi connectivity index (χ3v) is 4.00. The number of hydrogen-bond donors (Lipinski definition) is 1. The highest BCUT2D eigenvalue weighted by atomic mass is 16.4. The molecule has 5 nitrogen and oxygen atoms in total. The van der Waals surface area contributed by atoms with E-state index in [2.05, 4.69) is 0 Å². The molecule has 0 atom stereocenters. The molecule has 0 spiro atoms. The summed E-state index contributed by atoms with van der Waals surface area (Å²) in [7, 11) is 0. The van der Waals surface area contributed by atoms with Gasteiger partial charge in [-0.25, -0.2) is 0 Å². The van der Waals surface area contributed by atoms with Crippen molar-refractivity contribution in [1.29, 1.82) is 0 Å². The molecule has 1 N–H and O–H groups in total. The molecule has 128 valence electrons. The second kappa shape index (κ2) is 10.0. The Hall–Kier alpha value is -1.88. The van der Waals surface area contributed by atoms with E-state index in [-0.39, 0.29) is 18.5 Å². The van der Waals surface area contributed by atoms with E-state index in [9.17, 15) is 9.59 Å². The van der Waals surface area contributed by atoms with Gasteiger partial charge in [0.25, 0.3) is 0 Å². The minimum absolute atomic E-state index is 0.0755. The molecule has 1 aliphatic rings. The fourth-order valence-electron chi connectivity index (χ4n) is 2.84. The summed E-state index contributed by atoms with van der Waals surface area (Å²) in [6.45, 7) is 7.25. The van der Waals surface area contributed by atoms with Crippen molar-refractivity contribution in [2.24, 2.45) is 0 Å². The maximum atomic E-state index is 12.4. The Bertz CT molecular complexity index is 486. The van der Waals surface area contributed by atoms with Gasteiger partial charge in [0.05, 0.1) is 6.54 Å². The Morgan fingerprint density at radius 1 is 1.22 bits per heavy atom. The van der Waals surface area contributed by atoms with Gasteiger partial charge in [-0.1, -0.05) is 31.2 Å². The second-order valence-electron chi connectivity index (χ2n) is 5.62. The SMILES string of the molecule is C\C=C/C=C\C(=C/C)N(C(=O)CC)C1CCN(CC(=O)O)CC1. The predicted octanol–water partition coefficient (Wildman–Crippen LogP) is 2.81. The number of aliphatic carboxylic acids is 1. The monoisotopic (exact) mass is 320 g/mol. The van der Waals surface area contributed by atoms with Crippen LogP contribution < -0.4 is 0 Å². The van der Waals surface area contributed by atoms with Crippen molar-refractivity contribution >= 4 is 11.9 Å². The number of allylic oxidation sites excluding steroid dienone is 5. The van der Waals surface area contributed by atoms with Crippen molar-refractivity contribution in [2.75, 3.05) is 19.6 Å². The molecule has 23 heavy (non-hydrogen) atoms. The molecule has 0 aromatic carbocycles. The molecule has 0 aromatic rings. The highest BCUT2D eigenvalue weighted by Crippen LogP contribution is 2.22. The van der Waals surface area contributed by atoms with Crippen LogP contribution in [0.15, 0.2) is 36.1 Å². The van der Waals surface area contributed by atoms with Crippen molar-refractivity contribution in [2.45, 2.75) is 46.1 Å². The Labute approximate surface area is 139 Å². The maximum Gasteiger partial charge on any atom is 0.317 e. The minimum atomic E-state index is -0.798. The fraction of sp³-hybridized carbons (Fsp3) is 0.556. The molecule has 1 heterocycles. The Kier molecular flexibility index (Phi) is 8.33. The minimum Gasteiger partial charge on any atom is -0.480 e. The molecule has 1 fully saturated rings. The van der Waals surface area contributed by atoms with Gasteiger partial charge in [-0.15, -0.1) is 0 Å². The van der Waals surface area contributed by atoms with Gasteiger partial charge in [0.1, 0.15) is 0 Å². The van der Waals surface area contributed by atoms with Gasteiger partial charge in [-0.3, -0.25) is 14.5 Å². The number of rotatable bonds is 7. The summed E-state index contributed by atoms with van der Waals surface area (Å²) in [5.41, 5.74) is 0.909. The number of carbonyl (C=O) groups is 2. The van der Waals surface area contributed by atoms with Crippen LogP contribution in [-0.2, 0) is 9.59 Å². The van der Waals surface area contributed by atoms with Crippen LogP contribution in [0, 0.1) is 0 Å². The first-order valence-electron chi connectivity index (χ1n) is 8.25. The van der Waals surface area contributed by atoms with Crippen LogP contribution in [0.4, 0.5) is 0 Å². The summed E-state index contributed by atoms with van der Waals surface area (Å²) in [5, 5.41) is 8.88. The second-order valence-corrected chi connectivity index (χ2v) is 5.62. The smallest absolute Gasteiger partial charge is 0.317 e. The van der Waals surface area contributed by atoms with E-state index in [4.69, 9.17) is 5.11 Å². The summed E-state index contributed by atoms with van der Waals surface area (Å²) in [4.78, 5) is 27.1. The highest BCUT2D eigenvalue weighted by Gasteiger charge is 2.29. The number of hydrogen-bond acceptors (Lipinski definition) is 3. The first-order valence-corrected chi connectivity index (χ1v) is 8.25. The molecule has 0 saturated carbocycles. The number of carboxylic acid groups (broad SMARTS) is 1. The normalized spacial score (nSPS) is 18.0. The van der Waals surface area contributed by atoms with Crippen molar-refractivity contribution in [3.8, 4) is 0 Å². The lowest BCUT2D eigenvalue weighted by Crippen LogP contribution is -2.47. The average Bonchev–Trinajstić information content (AvgIpc) is 2.54. The molecular weight excluding hydrogens is 292 g/mol. The zero-order valence-corrected chi connectivity index (χ0v) is 14.4. The number of carboxylic acids is 1. The van der Waals surface area contributed by atoms with Crippen molar-refractivity contribution in [3.63, 3.8) is 0 Å². The molecule has 5 heteroatoms. The van der Waals surface area contributed by atoms with Gasteiger partial charge in [0.2, 0.25) is 5.91 Å². The molecule has 0 radical (unpaired) electrons. The molecule has 1 rings (SSSR count). The first-order chi connectivity index (χ1) is 11.0. The lowest BCUT2D eigenvalue weighted by molar-refractivity contribution is -0.139. The van der Waals surface area contributed by atoms with E-state index in [0.717, 1.165) is 18.5 Å². The van der Waals surface area contributed by atoms with Crippen LogP contribution in [0.3, 0.4) is 0 Å². The maximum absolute atomic E-state index is 12.4. The van der Waals surface area contributed by atoms with E-state index in [1.807, 2.05) is 61.0 Å². The van der Waals surface area contributed by atoms with Crippen LogP contribution in [0.1, 0.15) is 40.0 Å². The molecule has 0 unspecified atom stereocenters. The van der Waals surface area contributed by atoms with E-state index < -0.39 is 5.97 Å². The number of carbonyl (C=O) groups excluding carboxylic acids is 1. The highest BCUT2D eigenvalue weighted by molar-refractivity contribution is 5.78. The van der Waals surface area contributed by atoms with Crippen molar-refractivity contribution < 1.29 is 14.7 Å². The van der Waals surface area contributed by atoms with Crippen LogP contribution in [0.25, 0.3) is 0 Å². The van der Waals surface area contributed by atoms with Crippen LogP contribution in [0.2, 0.25) is 0 Å². The molecule has 1 aliphatic heterocycles. The van der Waals surface area contributed by atoms with E-state index in [0.29, 0.717) is 19.5 Å². The largest absolute Gasteiger partial charge is 0.480 e. The van der Waals surface area contributed by atoms with Gasteiger partial charge in [0.15, 0.2) is 0 Å². The zero-order chi connectivity index (χ0) is 17.2. The van der Waals surface area contributed by atoms with Gasteiger partial charge >= 0.3 is 5.97 Å². The van der Waals surface area contributed by atoms with Crippen molar-refractivity contribution in [3.05, 3.63) is 36.1 Å². The third kappa shape index (κ3) is 6.02. The zero-order valence-electron chi connectivity index (χ0n) is 14.4. The Balaban J connectivity index is 2.83. The van der Waals surface area contributed by atoms with E-state index in [1.165, 1.54) is 0 Å². The summed E-state index contributed by atoms with van der Waals surface area (Å²) in [6.07, 6.45) is 11.8. The van der Waals surface area contributed by atoms with Gasteiger partial charge in [-0.05, 0) is 32.8 Å². The molecule has 1 amide bonds. The van der Waals surface area contributed by atoms with Gasteiger partial charge < -0.3 is 10.0 Å². The predicted molar refractivity (Wildman–Crippen MR) is 91.9 cm³/mol. The van der Waals surface area contributed by atoms with Crippen LogP contribution >= 0.6 is 0 Å². The van der Waals surface area contributed by atoms with Gasteiger partial charge in [0, 0.05) is 31.2 Å². The average molecular weight is 320 g/mol. The van der Waals surface area contributed by atoms with E-state index in [1.54, 1.807) is 0 Å². The topological polar surface area (TPSA) is 60.9 Å². The number of piperidine rings is 1. The summed E-state index contributed by atoms with van der Waals surface area (Å²) in [6, 6.07) is 0.133. The molecule has 0 aromatic heterocycles. The molecule has 0 bridgehead atoms. The quantitative estimate of drug-likeness (QED) is 0.733.